The van der Waals surface area contributed by atoms with E-state index in [2.05, 4.69) is 37.4 Å². The fourth-order valence-corrected chi connectivity index (χ4v) is 2.48. The molecule has 1 aliphatic rings. The van der Waals surface area contributed by atoms with Gasteiger partial charge in [-0.15, -0.1) is 0 Å². The first kappa shape index (κ1) is 14.4. The van der Waals surface area contributed by atoms with Crippen LogP contribution in [0.4, 0.5) is 0 Å². The standard InChI is InChI=1S/C16H25NO2/c1-13(2)15-7-3-4-8-16(15)19-11-9-17-12-14-6-5-10-18-14/h3-4,7-8,13-14,17H,5-6,9-12H2,1-2H3/p+1/t14-/m0/s1. The van der Waals surface area contributed by atoms with Crippen molar-refractivity contribution < 1.29 is 14.8 Å². The van der Waals surface area contributed by atoms with E-state index in [1.807, 2.05) is 6.07 Å². The zero-order valence-electron chi connectivity index (χ0n) is 12.1. The van der Waals surface area contributed by atoms with Crippen LogP contribution in [0.2, 0.25) is 0 Å². The van der Waals surface area contributed by atoms with Crippen molar-refractivity contribution in [3.8, 4) is 5.75 Å². The Balaban J connectivity index is 1.67. The molecule has 0 aromatic heterocycles. The van der Waals surface area contributed by atoms with Crippen LogP contribution in [0.15, 0.2) is 24.3 Å². The minimum Gasteiger partial charge on any atom is -0.487 e. The van der Waals surface area contributed by atoms with Crippen molar-refractivity contribution in [2.45, 2.75) is 38.7 Å². The molecule has 1 aromatic carbocycles. The first-order valence-electron chi connectivity index (χ1n) is 7.42. The van der Waals surface area contributed by atoms with Crippen molar-refractivity contribution in [3.05, 3.63) is 29.8 Å². The number of benzene rings is 1. The van der Waals surface area contributed by atoms with E-state index in [1.165, 1.54) is 18.4 Å². The lowest BCUT2D eigenvalue weighted by Gasteiger charge is -2.13. The highest BCUT2D eigenvalue weighted by Gasteiger charge is 2.16. The second-order valence-corrected chi connectivity index (χ2v) is 5.49. The minimum atomic E-state index is 0.461. The van der Waals surface area contributed by atoms with E-state index < -0.39 is 0 Å². The molecule has 0 saturated carbocycles. The van der Waals surface area contributed by atoms with Crippen molar-refractivity contribution in [1.29, 1.82) is 0 Å². The summed E-state index contributed by atoms with van der Waals surface area (Å²) in [7, 11) is 0. The maximum atomic E-state index is 5.89. The average Bonchev–Trinajstić information content (AvgIpc) is 2.92. The molecule has 0 spiro atoms. The molecule has 2 rings (SSSR count). The highest BCUT2D eigenvalue weighted by Crippen LogP contribution is 2.25. The van der Waals surface area contributed by atoms with Crippen LogP contribution in [-0.2, 0) is 4.74 Å². The summed E-state index contributed by atoms with van der Waals surface area (Å²) < 4.78 is 11.5. The molecule has 3 heteroatoms. The maximum absolute atomic E-state index is 5.89. The minimum absolute atomic E-state index is 0.461. The molecule has 106 valence electrons. The van der Waals surface area contributed by atoms with Gasteiger partial charge in [0.25, 0.3) is 0 Å². The third-order valence-electron chi connectivity index (χ3n) is 3.57. The van der Waals surface area contributed by atoms with E-state index in [0.29, 0.717) is 12.0 Å². The normalized spacial score (nSPS) is 19.0. The second kappa shape index (κ2) is 7.51. The summed E-state index contributed by atoms with van der Waals surface area (Å²) >= 11 is 0. The smallest absolute Gasteiger partial charge is 0.137 e. The van der Waals surface area contributed by atoms with Crippen LogP contribution in [-0.4, -0.2) is 32.4 Å². The number of nitrogens with two attached hydrogens (primary N) is 1. The predicted octanol–water partition coefficient (Wildman–Crippen LogP) is 1.93. The predicted molar refractivity (Wildman–Crippen MR) is 76.7 cm³/mol. The average molecular weight is 264 g/mol. The Labute approximate surface area is 116 Å². The van der Waals surface area contributed by atoms with Crippen LogP contribution in [0.25, 0.3) is 0 Å². The van der Waals surface area contributed by atoms with Gasteiger partial charge in [-0.05, 0) is 30.4 Å². The van der Waals surface area contributed by atoms with Crippen molar-refractivity contribution >= 4 is 0 Å². The van der Waals surface area contributed by atoms with Crippen LogP contribution < -0.4 is 10.1 Å². The van der Waals surface area contributed by atoms with Crippen LogP contribution >= 0.6 is 0 Å². The Morgan fingerprint density at radius 3 is 2.95 bits per heavy atom. The molecular formula is C16H26NO2+. The molecule has 1 aliphatic heterocycles. The lowest BCUT2D eigenvalue weighted by molar-refractivity contribution is -0.661. The molecule has 3 nitrogen and oxygen atoms in total. The van der Waals surface area contributed by atoms with Gasteiger partial charge in [0.05, 0.1) is 0 Å². The number of ether oxygens (including phenoxy) is 2. The molecule has 1 saturated heterocycles. The number of quaternary nitrogens is 1. The Hall–Kier alpha value is -1.06. The summed E-state index contributed by atoms with van der Waals surface area (Å²) in [6.07, 6.45) is 2.90. The molecule has 1 fully saturated rings. The summed E-state index contributed by atoms with van der Waals surface area (Å²) in [6, 6.07) is 8.33. The summed E-state index contributed by atoms with van der Waals surface area (Å²) in [5.74, 6) is 1.54. The molecule has 1 aromatic rings. The number of rotatable bonds is 7. The van der Waals surface area contributed by atoms with Gasteiger partial charge in [0.2, 0.25) is 0 Å². The lowest BCUT2D eigenvalue weighted by atomic mass is 10.0. The van der Waals surface area contributed by atoms with Crippen LogP contribution in [0.5, 0.6) is 5.75 Å². The lowest BCUT2D eigenvalue weighted by Crippen LogP contribution is -2.87. The van der Waals surface area contributed by atoms with E-state index in [0.717, 1.165) is 32.1 Å². The first-order valence-corrected chi connectivity index (χ1v) is 7.42. The molecule has 1 heterocycles. The molecule has 0 bridgehead atoms. The zero-order chi connectivity index (χ0) is 13.5. The molecular weight excluding hydrogens is 238 g/mol. The monoisotopic (exact) mass is 264 g/mol. The van der Waals surface area contributed by atoms with Gasteiger partial charge < -0.3 is 14.8 Å². The summed E-state index contributed by atoms with van der Waals surface area (Å²) in [5.41, 5.74) is 1.29. The summed E-state index contributed by atoms with van der Waals surface area (Å²) in [6.45, 7) is 8.16. The Morgan fingerprint density at radius 1 is 1.37 bits per heavy atom. The van der Waals surface area contributed by atoms with Crippen LogP contribution in [0.3, 0.4) is 0 Å². The highest BCUT2D eigenvalue weighted by molar-refractivity contribution is 5.35. The van der Waals surface area contributed by atoms with Gasteiger partial charge in [-0.2, -0.15) is 0 Å². The Bertz CT molecular complexity index is 373. The third-order valence-corrected chi connectivity index (χ3v) is 3.57. The molecule has 2 N–H and O–H groups in total. The topological polar surface area (TPSA) is 35.1 Å². The number of para-hydroxylation sites is 1. The van der Waals surface area contributed by atoms with E-state index in [4.69, 9.17) is 9.47 Å². The van der Waals surface area contributed by atoms with Crippen molar-refractivity contribution in [1.82, 2.24) is 0 Å². The van der Waals surface area contributed by atoms with Crippen molar-refractivity contribution in [3.63, 3.8) is 0 Å². The van der Waals surface area contributed by atoms with E-state index in [-0.39, 0.29) is 0 Å². The van der Waals surface area contributed by atoms with Crippen molar-refractivity contribution in [2.24, 2.45) is 0 Å². The molecule has 0 radical (unpaired) electrons. The van der Waals surface area contributed by atoms with Crippen LogP contribution in [0.1, 0.15) is 38.2 Å². The van der Waals surface area contributed by atoms with Gasteiger partial charge in [0.1, 0.15) is 31.5 Å². The molecule has 19 heavy (non-hydrogen) atoms. The second-order valence-electron chi connectivity index (χ2n) is 5.49. The van der Waals surface area contributed by atoms with Gasteiger partial charge in [-0.3, -0.25) is 0 Å². The Kier molecular flexibility index (Phi) is 5.67. The third kappa shape index (κ3) is 4.51. The fraction of sp³-hybridized carbons (Fsp3) is 0.625. The maximum Gasteiger partial charge on any atom is 0.137 e. The molecule has 0 amide bonds. The fourth-order valence-electron chi connectivity index (χ4n) is 2.48. The van der Waals surface area contributed by atoms with Crippen LogP contribution in [0, 0.1) is 0 Å². The van der Waals surface area contributed by atoms with E-state index in [9.17, 15) is 0 Å². The van der Waals surface area contributed by atoms with Gasteiger partial charge >= 0.3 is 0 Å². The summed E-state index contributed by atoms with van der Waals surface area (Å²) in [4.78, 5) is 0. The van der Waals surface area contributed by atoms with E-state index >= 15 is 0 Å². The van der Waals surface area contributed by atoms with E-state index in [1.54, 1.807) is 0 Å². The molecule has 0 unspecified atom stereocenters. The molecule has 1 atom stereocenters. The number of hydrogen-bond donors (Lipinski definition) is 1. The zero-order valence-corrected chi connectivity index (χ0v) is 12.1. The molecule has 0 aliphatic carbocycles. The van der Waals surface area contributed by atoms with Gasteiger partial charge in [-0.25, -0.2) is 0 Å². The van der Waals surface area contributed by atoms with Gasteiger partial charge in [-0.1, -0.05) is 32.0 Å². The van der Waals surface area contributed by atoms with Crippen molar-refractivity contribution in [2.75, 3.05) is 26.3 Å². The largest absolute Gasteiger partial charge is 0.487 e. The van der Waals surface area contributed by atoms with Gasteiger partial charge in [0.15, 0.2) is 0 Å². The van der Waals surface area contributed by atoms with Gasteiger partial charge in [0, 0.05) is 6.61 Å². The quantitative estimate of drug-likeness (QED) is 0.764. The summed E-state index contributed by atoms with van der Waals surface area (Å²) in [5, 5.41) is 2.30. The highest BCUT2D eigenvalue weighted by atomic mass is 16.5. The number of hydrogen-bond acceptors (Lipinski definition) is 2. The SMILES string of the molecule is CC(C)c1ccccc1OCC[NH2+]C[C@@H]1CCCO1. The first-order chi connectivity index (χ1) is 9.27. The Morgan fingerprint density at radius 2 is 2.21 bits per heavy atom.